The molecule has 1 atom stereocenters. The van der Waals surface area contributed by atoms with Gasteiger partial charge in [0.2, 0.25) is 11.8 Å². The number of amides is 2. The fraction of sp³-hybridized carbons (Fsp3) is 0.400. The molecule has 0 aromatic heterocycles. The first-order valence-corrected chi connectivity index (χ1v) is 7.99. The highest BCUT2D eigenvalue weighted by Gasteiger charge is 2.28. The van der Waals surface area contributed by atoms with Crippen molar-refractivity contribution in [3.63, 3.8) is 0 Å². The Morgan fingerprint density at radius 1 is 1.29 bits per heavy atom. The van der Waals surface area contributed by atoms with Crippen molar-refractivity contribution in [3.05, 3.63) is 35.9 Å². The summed E-state index contributed by atoms with van der Waals surface area (Å²) < 4.78 is 0. The predicted octanol–water partition coefficient (Wildman–Crippen LogP) is 1.18. The molecule has 2 rings (SSSR count). The number of carbonyl (C=O) groups excluding carboxylic acids is 3. The first-order chi connectivity index (χ1) is 10.2. The zero-order chi connectivity index (χ0) is 15.1. The van der Waals surface area contributed by atoms with E-state index >= 15 is 0 Å². The number of nitrogens with one attached hydrogen (secondary N) is 1. The van der Waals surface area contributed by atoms with Crippen LogP contribution in [0.4, 0.5) is 0 Å². The molecule has 1 N–H and O–H groups in total. The summed E-state index contributed by atoms with van der Waals surface area (Å²) in [6.07, 6.45) is 1.09. The Kier molecular flexibility index (Phi) is 5.80. The highest BCUT2D eigenvalue weighted by Crippen LogP contribution is 2.20. The van der Waals surface area contributed by atoms with Gasteiger partial charge in [0.15, 0.2) is 0 Å². The maximum absolute atomic E-state index is 12.0. The van der Waals surface area contributed by atoms with Crippen LogP contribution >= 0.6 is 11.8 Å². The quantitative estimate of drug-likeness (QED) is 0.802. The average Bonchev–Trinajstić information content (AvgIpc) is 3.00. The van der Waals surface area contributed by atoms with E-state index in [2.05, 4.69) is 5.32 Å². The van der Waals surface area contributed by atoms with E-state index in [1.165, 1.54) is 0 Å². The lowest BCUT2D eigenvalue weighted by Crippen LogP contribution is -2.38. The van der Waals surface area contributed by atoms with E-state index in [1.54, 1.807) is 16.7 Å². The van der Waals surface area contributed by atoms with Crippen molar-refractivity contribution in [2.45, 2.75) is 25.4 Å². The molecule has 21 heavy (non-hydrogen) atoms. The molecule has 2 amide bonds. The molecule has 1 saturated heterocycles. The third-order valence-electron chi connectivity index (χ3n) is 3.30. The summed E-state index contributed by atoms with van der Waals surface area (Å²) in [6, 6.07) is 9.27. The lowest BCUT2D eigenvalue weighted by molar-refractivity contribution is -0.135. The lowest BCUT2D eigenvalue weighted by Gasteiger charge is -2.19. The van der Waals surface area contributed by atoms with Gasteiger partial charge in [-0.3, -0.25) is 9.59 Å². The van der Waals surface area contributed by atoms with E-state index < -0.39 is 0 Å². The summed E-state index contributed by atoms with van der Waals surface area (Å²) in [5.74, 6) is 0.900. The number of carbonyl (C=O) groups is 3. The molecule has 0 aliphatic carbocycles. The summed E-state index contributed by atoms with van der Waals surface area (Å²) in [5.41, 5.74) is 1.02. The van der Waals surface area contributed by atoms with Crippen molar-refractivity contribution in [3.8, 4) is 0 Å². The number of aldehydes is 1. The molecule has 1 aromatic carbocycles. The van der Waals surface area contributed by atoms with E-state index in [1.807, 2.05) is 30.3 Å². The van der Waals surface area contributed by atoms with Crippen LogP contribution < -0.4 is 5.32 Å². The summed E-state index contributed by atoms with van der Waals surface area (Å²) in [6.45, 7) is 0.463. The van der Waals surface area contributed by atoms with Gasteiger partial charge in [0.05, 0.1) is 11.9 Å². The van der Waals surface area contributed by atoms with E-state index in [0.717, 1.165) is 11.8 Å². The van der Waals surface area contributed by atoms with Crippen molar-refractivity contribution in [2.24, 2.45) is 0 Å². The molecular weight excluding hydrogens is 288 g/mol. The molecular formula is C15H18N2O3S. The van der Waals surface area contributed by atoms with Crippen molar-refractivity contribution < 1.29 is 14.4 Å². The largest absolute Gasteiger partial charge is 0.352 e. The molecule has 1 fully saturated rings. The summed E-state index contributed by atoms with van der Waals surface area (Å²) in [5, 5.41) is 2.79. The monoisotopic (exact) mass is 306 g/mol. The number of thioether (sulfide) groups is 1. The van der Waals surface area contributed by atoms with Gasteiger partial charge >= 0.3 is 0 Å². The maximum Gasteiger partial charge on any atom is 0.224 e. The molecule has 0 bridgehead atoms. The average molecular weight is 306 g/mol. The topological polar surface area (TPSA) is 66.5 Å². The molecule has 5 nitrogen and oxygen atoms in total. The second-order valence-corrected chi connectivity index (χ2v) is 5.83. The highest BCUT2D eigenvalue weighted by molar-refractivity contribution is 7.99. The van der Waals surface area contributed by atoms with Gasteiger partial charge in [-0.2, -0.15) is 0 Å². The van der Waals surface area contributed by atoms with Gasteiger partial charge in [-0.15, -0.1) is 11.8 Å². The number of benzene rings is 1. The Bertz CT molecular complexity index is 507. The molecule has 1 aromatic rings. The van der Waals surface area contributed by atoms with E-state index in [4.69, 9.17) is 0 Å². The molecule has 0 spiro atoms. The smallest absolute Gasteiger partial charge is 0.224 e. The Morgan fingerprint density at radius 2 is 2.05 bits per heavy atom. The fourth-order valence-electron chi connectivity index (χ4n) is 2.08. The minimum Gasteiger partial charge on any atom is -0.352 e. The zero-order valence-corrected chi connectivity index (χ0v) is 12.5. The Hall–Kier alpha value is -1.82. The Morgan fingerprint density at radius 3 is 2.76 bits per heavy atom. The van der Waals surface area contributed by atoms with Gasteiger partial charge in [-0.25, -0.2) is 0 Å². The van der Waals surface area contributed by atoms with Crippen molar-refractivity contribution in [1.29, 1.82) is 0 Å². The van der Waals surface area contributed by atoms with E-state index in [0.29, 0.717) is 18.2 Å². The predicted molar refractivity (Wildman–Crippen MR) is 81.5 cm³/mol. The SMILES string of the molecule is O=C[C@@H]1CSCN1C(=O)CCC(=O)NCc1ccccc1. The maximum atomic E-state index is 12.0. The van der Waals surface area contributed by atoms with Crippen LogP contribution in [0.1, 0.15) is 18.4 Å². The minimum absolute atomic E-state index is 0.132. The fourth-order valence-corrected chi connectivity index (χ4v) is 3.21. The second kappa shape index (κ2) is 7.83. The molecule has 1 aliphatic heterocycles. The van der Waals surface area contributed by atoms with Gasteiger partial charge in [0.25, 0.3) is 0 Å². The van der Waals surface area contributed by atoms with Crippen LogP contribution in [0.25, 0.3) is 0 Å². The Balaban J connectivity index is 1.71. The number of nitrogens with zero attached hydrogens (tertiary/aromatic N) is 1. The van der Waals surface area contributed by atoms with Crippen LogP contribution in [-0.2, 0) is 20.9 Å². The summed E-state index contributed by atoms with van der Waals surface area (Å²) >= 11 is 1.56. The Labute approximate surface area is 128 Å². The third kappa shape index (κ3) is 4.60. The van der Waals surface area contributed by atoms with Crippen molar-refractivity contribution in [2.75, 3.05) is 11.6 Å². The number of hydrogen-bond donors (Lipinski definition) is 1. The normalized spacial score (nSPS) is 17.5. The van der Waals surface area contributed by atoms with Crippen LogP contribution in [0.2, 0.25) is 0 Å². The van der Waals surface area contributed by atoms with Crippen LogP contribution in [0.3, 0.4) is 0 Å². The van der Waals surface area contributed by atoms with Crippen LogP contribution in [0.5, 0.6) is 0 Å². The minimum atomic E-state index is -0.338. The van der Waals surface area contributed by atoms with Crippen molar-refractivity contribution in [1.82, 2.24) is 10.2 Å². The second-order valence-electron chi connectivity index (χ2n) is 4.83. The molecule has 112 valence electrons. The highest BCUT2D eigenvalue weighted by atomic mass is 32.2. The molecule has 0 unspecified atom stereocenters. The lowest BCUT2D eigenvalue weighted by atomic mass is 10.2. The zero-order valence-electron chi connectivity index (χ0n) is 11.7. The van der Waals surface area contributed by atoms with Gasteiger partial charge in [0, 0.05) is 25.1 Å². The van der Waals surface area contributed by atoms with E-state index in [-0.39, 0.29) is 30.7 Å². The number of hydrogen-bond acceptors (Lipinski definition) is 4. The van der Waals surface area contributed by atoms with Crippen LogP contribution in [0, 0.1) is 0 Å². The first kappa shape index (κ1) is 15.6. The molecule has 0 saturated carbocycles. The summed E-state index contributed by atoms with van der Waals surface area (Å²) in [7, 11) is 0. The molecule has 0 radical (unpaired) electrons. The van der Waals surface area contributed by atoms with Gasteiger partial charge in [0.1, 0.15) is 6.29 Å². The molecule has 1 aliphatic rings. The van der Waals surface area contributed by atoms with Crippen molar-refractivity contribution >= 4 is 29.9 Å². The third-order valence-corrected chi connectivity index (χ3v) is 4.33. The van der Waals surface area contributed by atoms with Crippen LogP contribution in [0.15, 0.2) is 30.3 Å². The van der Waals surface area contributed by atoms with Gasteiger partial charge in [-0.05, 0) is 5.56 Å². The van der Waals surface area contributed by atoms with Gasteiger partial charge < -0.3 is 15.0 Å². The van der Waals surface area contributed by atoms with E-state index in [9.17, 15) is 14.4 Å². The molecule has 6 heteroatoms. The summed E-state index contributed by atoms with van der Waals surface area (Å²) in [4.78, 5) is 36.1. The first-order valence-electron chi connectivity index (χ1n) is 6.84. The van der Waals surface area contributed by atoms with Crippen LogP contribution in [-0.4, -0.2) is 40.7 Å². The standard InChI is InChI=1S/C15H18N2O3S/c18-9-13-10-21-11-17(13)15(20)7-6-14(19)16-8-12-4-2-1-3-5-12/h1-5,9,13H,6-8,10-11H2,(H,16,19)/t13-/m1/s1. The molecule has 1 heterocycles. The van der Waals surface area contributed by atoms with Gasteiger partial charge in [-0.1, -0.05) is 30.3 Å². The number of rotatable bonds is 6.